The number of aryl methyl sites for hydroxylation is 2. The van der Waals surface area contributed by atoms with Crippen molar-refractivity contribution in [3.05, 3.63) is 53.6 Å². The molecule has 0 aliphatic rings. The number of nitrogens with zero attached hydrogens (tertiary/aromatic N) is 4. The molecule has 0 amide bonds. The van der Waals surface area contributed by atoms with Crippen LogP contribution in [-0.2, 0) is 6.42 Å². The fourth-order valence-corrected chi connectivity index (χ4v) is 2.51. The van der Waals surface area contributed by atoms with Crippen LogP contribution in [0.4, 0.5) is 5.95 Å². The number of pyridine rings is 1. The van der Waals surface area contributed by atoms with E-state index < -0.39 is 0 Å². The van der Waals surface area contributed by atoms with Crippen LogP contribution in [0.15, 0.2) is 36.7 Å². The minimum absolute atomic E-state index is 0.633. The van der Waals surface area contributed by atoms with Crippen molar-refractivity contribution < 1.29 is 0 Å². The second-order valence-corrected chi connectivity index (χ2v) is 5.42. The Balaban J connectivity index is 1.57. The molecule has 3 heterocycles. The number of H-pyrrole nitrogens is 1. The summed E-state index contributed by atoms with van der Waals surface area (Å²) in [6, 6.07) is 7.65. The largest absolute Gasteiger partial charge is 0.354 e. The van der Waals surface area contributed by atoms with Crippen LogP contribution in [0.3, 0.4) is 0 Å². The highest BCUT2D eigenvalue weighted by atomic mass is 15.1. The summed E-state index contributed by atoms with van der Waals surface area (Å²) in [5, 5.41) is 10.5. The fourth-order valence-electron chi connectivity index (χ4n) is 2.51. The summed E-state index contributed by atoms with van der Waals surface area (Å²) in [4.78, 5) is 13.1. The topological polar surface area (TPSA) is 79.4 Å². The Hall–Kier alpha value is -2.76. The van der Waals surface area contributed by atoms with E-state index >= 15 is 0 Å². The first kappa shape index (κ1) is 15.1. The normalized spacial score (nSPS) is 10.7. The number of nitrogens with one attached hydrogen (secondary N) is 2. The average Bonchev–Trinajstić information content (AvgIpc) is 2.91. The molecule has 0 aliphatic heterocycles. The van der Waals surface area contributed by atoms with E-state index in [2.05, 4.69) is 37.4 Å². The lowest BCUT2D eigenvalue weighted by atomic mass is 10.1. The zero-order chi connectivity index (χ0) is 16.1. The predicted octanol–water partition coefficient (Wildman–Crippen LogP) is 2.92. The molecule has 0 atom stereocenters. The van der Waals surface area contributed by atoms with Gasteiger partial charge in [-0.05, 0) is 50.5 Å². The molecule has 23 heavy (non-hydrogen) atoms. The summed E-state index contributed by atoms with van der Waals surface area (Å²) in [5.41, 5.74) is 5.20. The van der Waals surface area contributed by atoms with Gasteiger partial charge in [0.15, 0.2) is 0 Å². The Bertz CT molecular complexity index is 746. The van der Waals surface area contributed by atoms with E-state index in [1.807, 2.05) is 31.2 Å². The van der Waals surface area contributed by atoms with Gasteiger partial charge in [-0.1, -0.05) is 6.07 Å². The Labute approximate surface area is 135 Å². The number of anilines is 1. The number of aromatic amines is 1. The molecular formula is C17H20N6. The van der Waals surface area contributed by atoms with Crippen LogP contribution in [0.1, 0.15) is 23.4 Å². The van der Waals surface area contributed by atoms with E-state index in [1.165, 1.54) is 5.56 Å². The molecule has 6 heteroatoms. The summed E-state index contributed by atoms with van der Waals surface area (Å²) in [7, 11) is 0. The summed E-state index contributed by atoms with van der Waals surface area (Å²) in [5.74, 6) is 0.633. The second-order valence-electron chi connectivity index (χ2n) is 5.42. The number of rotatable bonds is 6. The third-order valence-electron chi connectivity index (χ3n) is 3.75. The van der Waals surface area contributed by atoms with Gasteiger partial charge in [-0.15, -0.1) is 0 Å². The van der Waals surface area contributed by atoms with Gasteiger partial charge in [0, 0.05) is 24.6 Å². The van der Waals surface area contributed by atoms with Crippen LogP contribution < -0.4 is 5.32 Å². The second kappa shape index (κ2) is 7.00. The maximum absolute atomic E-state index is 4.51. The summed E-state index contributed by atoms with van der Waals surface area (Å²) in [6.07, 6.45) is 5.50. The molecule has 2 N–H and O–H groups in total. The minimum atomic E-state index is 0.633. The first-order chi connectivity index (χ1) is 11.2. The Morgan fingerprint density at radius 1 is 1.04 bits per heavy atom. The molecule has 0 aliphatic carbocycles. The fraction of sp³-hybridized carbons (Fsp3) is 0.294. The van der Waals surface area contributed by atoms with E-state index in [1.54, 1.807) is 12.4 Å². The van der Waals surface area contributed by atoms with Gasteiger partial charge < -0.3 is 5.32 Å². The van der Waals surface area contributed by atoms with Gasteiger partial charge in [0.2, 0.25) is 5.95 Å². The average molecular weight is 308 g/mol. The van der Waals surface area contributed by atoms with Gasteiger partial charge in [-0.25, -0.2) is 9.97 Å². The van der Waals surface area contributed by atoms with Crippen molar-refractivity contribution in [2.75, 3.05) is 11.9 Å². The van der Waals surface area contributed by atoms with Crippen molar-refractivity contribution in [3.63, 3.8) is 0 Å². The quantitative estimate of drug-likeness (QED) is 0.684. The monoisotopic (exact) mass is 308 g/mol. The van der Waals surface area contributed by atoms with Gasteiger partial charge in [0.1, 0.15) is 0 Å². The molecule has 3 rings (SSSR count). The molecule has 0 saturated carbocycles. The van der Waals surface area contributed by atoms with Gasteiger partial charge >= 0.3 is 0 Å². The molecule has 6 nitrogen and oxygen atoms in total. The van der Waals surface area contributed by atoms with Crippen LogP contribution >= 0.6 is 0 Å². The van der Waals surface area contributed by atoms with Gasteiger partial charge in [0.05, 0.1) is 17.1 Å². The molecular weight excluding hydrogens is 288 g/mol. The highest BCUT2D eigenvalue weighted by Gasteiger charge is 2.06. The summed E-state index contributed by atoms with van der Waals surface area (Å²) < 4.78 is 0. The highest BCUT2D eigenvalue weighted by molar-refractivity contribution is 5.54. The van der Waals surface area contributed by atoms with Crippen LogP contribution in [0, 0.1) is 13.8 Å². The molecule has 0 unspecified atom stereocenters. The van der Waals surface area contributed by atoms with E-state index in [-0.39, 0.29) is 0 Å². The standard InChI is InChI=1S/C17H20N6/c1-12-14(13(2)23-22-12)6-5-10-19-17-20-11-8-16(21-17)15-7-3-4-9-18-15/h3-4,7-9,11H,5-6,10H2,1-2H3,(H,22,23)(H,19,20,21). The molecule has 0 spiro atoms. The lowest BCUT2D eigenvalue weighted by Crippen LogP contribution is -2.07. The molecule has 0 bridgehead atoms. The van der Waals surface area contributed by atoms with E-state index in [4.69, 9.17) is 0 Å². The van der Waals surface area contributed by atoms with Gasteiger partial charge in [0.25, 0.3) is 0 Å². The van der Waals surface area contributed by atoms with Crippen molar-refractivity contribution in [2.24, 2.45) is 0 Å². The SMILES string of the molecule is Cc1n[nH]c(C)c1CCCNc1nccc(-c2ccccn2)n1. The van der Waals surface area contributed by atoms with Crippen molar-refractivity contribution in [3.8, 4) is 11.4 Å². The van der Waals surface area contributed by atoms with Gasteiger partial charge in [-0.2, -0.15) is 5.10 Å². The Morgan fingerprint density at radius 3 is 2.70 bits per heavy atom. The van der Waals surface area contributed by atoms with Crippen molar-refractivity contribution in [1.29, 1.82) is 0 Å². The van der Waals surface area contributed by atoms with Crippen LogP contribution in [0.5, 0.6) is 0 Å². The number of hydrogen-bond acceptors (Lipinski definition) is 5. The first-order valence-corrected chi connectivity index (χ1v) is 7.73. The number of aromatic nitrogens is 5. The van der Waals surface area contributed by atoms with E-state index in [0.717, 1.165) is 42.2 Å². The van der Waals surface area contributed by atoms with Gasteiger partial charge in [-0.3, -0.25) is 10.1 Å². The summed E-state index contributed by atoms with van der Waals surface area (Å²) in [6.45, 7) is 4.91. The third kappa shape index (κ3) is 3.71. The molecule has 118 valence electrons. The minimum Gasteiger partial charge on any atom is -0.354 e. The maximum Gasteiger partial charge on any atom is 0.223 e. The smallest absolute Gasteiger partial charge is 0.223 e. The van der Waals surface area contributed by atoms with Crippen LogP contribution in [0.2, 0.25) is 0 Å². The molecule has 0 radical (unpaired) electrons. The molecule has 3 aromatic rings. The molecule has 0 aromatic carbocycles. The first-order valence-electron chi connectivity index (χ1n) is 7.73. The zero-order valence-corrected chi connectivity index (χ0v) is 13.4. The lowest BCUT2D eigenvalue weighted by molar-refractivity contribution is 0.843. The van der Waals surface area contributed by atoms with Crippen LogP contribution in [0.25, 0.3) is 11.4 Å². The molecule has 0 saturated heterocycles. The molecule has 3 aromatic heterocycles. The predicted molar refractivity (Wildman–Crippen MR) is 90.1 cm³/mol. The summed E-state index contributed by atoms with van der Waals surface area (Å²) >= 11 is 0. The zero-order valence-electron chi connectivity index (χ0n) is 13.4. The van der Waals surface area contributed by atoms with Crippen molar-refractivity contribution in [2.45, 2.75) is 26.7 Å². The Morgan fingerprint density at radius 2 is 1.96 bits per heavy atom. The number of hydrogen-bond donors (Lipinski definition) is 2. The van der Waals surface area contributed by atoms with E-state index in [9.17, 15) is 0 Å². The lowest BCUT2D eigenvalue weighted by Gasteiger charge is -2.06. The third-order valence-corrected chi connectivity index (χ3v) is 3.75. The van der Waals surface area contributed by atoms with Crippen molar-refractivity contribution >= 4 is 5.95 Å². The Kier molecular flexibility index (Phi) is 4.61. The maximum atomic E-state index is 4.51. The van der Waals surface area contributed by atoms with Crippen LogP contribution in [-0.4, -0.2) is 31.7 Å². The van der Waals surface area contributed by atoms with Crippen molar-refractivity contribution in [1.82, 2.24) is 25.1 Å². The molecule has 0 fully saturated rings. The highest BCUT2D eigenvalue weighted by Crippen LogP contribution is 2.15. The van der Waals surface area contributed by atoms with E-state index in [0.29, 0.717) is 5.95 Å².